The lowest BCUT2D eigenvalue weighted by Gasteiger charge is -2.25. The first-order valence-corrected chi connectivity index (χ1v) is 5.26. The van der Waals surface area contributed by atoms with Crippen molar-refractivity contribution in [2.45, 2.75) is 26.2 Å². The summed E-state index contributed by atoms with van der Waals surface area (Å²) in [6.45, 7) is 3.91. The largest absolute Gasteiger partial charge is 0.476 e. The van der Waals surface area contributed by atoms with E-state index in [1.165, 1.54) is 4.68 Å². The molecule has 1 heterocycles. The molecule has 0 spiro atoms. The number of hydrogen-bond acceptors (Lipinski definition) is 3. The Balaban J connectivity index is 2.69. The minimum absolute atomic E-state index is 0.0110. The van der Waals surface area contributed by atoms with Crippen molar-refractivity contribution in [1.29, 1.82) is 0 Å². The molecule has 1 aliphatic carbocycles. The van der Waals surface area contributed by atoms with Gasteiger partial charge in [0, 0.05) is 19.0 Å². The molecule has 2 unspecified atom stereocenters. The summed E-state index contributed by atoms with van der Waals surface area (Å²) in [7, 11) is 1.62. The molecule has 0 saturated heterocycles. The van der Waals surface area contributed by atoms with E-state index >= 15 is 0 Å². The van der Waals surface area contributed by atoms with Crippen LogP contribution in [-0.2, 0) is 7.05 Å². The Labute approximate surface area is 93.1 Å². The van der Waals surface area contributed by atoms with Crippen molar-refractivity contribution in [3.63, 3.8) is 0 Å². The van der Waals surface area contributed by atoms with Gasteiger partial charge in [-0.15, -0.1) is 0 Å². The highest BCUT2D eigenvalue weighted by molar-refractivity contribution is 6.01. The maximum atomic E-state index is 11.8. The van der Waals surface area contributed by atoms with Gasteiger partial charge in [0.1, 0.15) is 5.69 Å². The number of ketones is 1. The van der Waals surface area contributed by atoms with Crippen LogP contribution in [0.5, 0.6) is 0 Å². The van der Waals surface area contributed by atoms with Gasteiger partial charge < -0.3 is 5.11 Å². The molecule has 0 aromatic carbocycles. The highest BCUT2D eigenvalue weighted by atomic mass is 16.4. The van der Waals surface area contributed by atoms with Gasteiger partial charge in [0.05, 0.1) is 0 Å². The number of aromatic nitrogens is 2. The molecule has 0 aliphatic heterocycles. The van der Waals surface area contributed by atoms with Crippen molar-refractivity contribution < 1.29 is 14.7 Å². The number of Topliss-reactive ketones (excluding diaryl/α,β-unsaturated/α-hetero) is 1. The predicted octanol–water partition coefficient (Wildman–Crippen LogP) is 1.44. The van der Waals surface area contributed by atoms with Crippen LogP contribution in [0.2, 0.25) is 0 Å². The number of hydrogen-bond donors (Lipinski definition) is 1. The molecule has 1 aromatic heterocycles. The summed E-state index contributed by atoms with van der Waals surface area (Å²) in [4.78, 5) is 22.9. The third kappa shape index (κ3) is 1.35. The van der Waals surface area contributed by atoms with Crippen LogP contribution in [0.1, 0.15) is 52.7 Å². The summed E-state index contributed by atoms with van der Waals surface area (Å²) in [6.07, 6.45) is 0.465. The van der Waals surface area contributed by atoms with E-state index in [1.807, 2.05) is 13.8 Å². The van der Waals surface area contributed by atoms with Gasteiger partial charge in [-0.05, 0) is 11.8 Å². The van der Waals surface area contributed by atoms with Crippen molar-refractivity contribution in [1.82, 2.24) is 9.78 Å². The minimum Gasteiger partial charge on any atom is -0.476 e. The number of nitrogens with zero attached hydrogens (tertiary/aromatic N) is 2. The van der Waals surface area contributed by atoms with Crippen molar-refractivity contribution in [2.75, 3.05) is 0 Å². The lowest BCUT2D eigenvalue weighted by molar-refractivity contribution is 0.0687. The number of carboxylic acids is 1. The summed E-state index contributed by atoms with van der Waals surface area (Å²) in [6, 6.07) is 0. The Morgan fingerprint density at radius 1 is 1.50 bits per heavy atom. The second-order valence-electron chi connectivity index (χ2n) is 4.43. The van der Waals surface area contributed by atoms with Gasteiger partial charge in [0.15, 0.2) is 11.5 Å². The van der Waals surface area contributed by atoms with Crippen LogP contribution in [-0.4, -0.2) is 26.6 Å². The van der Waals surface area contributed by atoms with Crippen LogP contribution in [0.4, 0.5) is 0 Å². The maximum Gasteiger partial charge on any atom is 0.356 e. The van der Waals surface area contributed by atoms with Gasteiger partial charge >= 0.3 is 5.97 Å². The molecule has 1 N–H and O–H groups in total. The molecule has 2 rings (SSSR count). The Hall–Kier alpha value is -1.65. The van der Waals surface area contributed by atoms with E-state index < -0.39 is 5.97 Å². The molecule has 0 amide bonds. The molecular formula is C11H14N2O3. The van der Waals surface area contributed by atoms with E-state index in [4.69, 9.17) is 5.11 Å². The lowest BCUT2D eigenvalue weighted by Crippen LogP contribution is -2.23. The Bertz CT molecular complexity index is 476. The molecule has 0 bridgehead atoms. The number of carbonyl (C=O) groups excluding carboxylic acids is 1. The molecule has 1 aliphatic rings. The molecule has 86 valence electrons. The predicted molar refractivity (Wildman–Crippen MR) is 56.7 cm³/mol. The first-order valence-electron chi connectivity index (χ1n) is 5.26. The highest BCUT2D eigenvalue weighted by Gasteiger charge is 2.36. The van der Waals surface area contributed by atoms with Crippen LogP contribution in [0.15, 0.2) is 0 Å². The number of rotatable bonds is 1. The normalized spacial score (nSPS) is 24.3. The first kappa shape index (κ1) is 10.9. The first-order chi connectivity index (χ1) is 7.43. The fourth-order valence-corrected chi connectivity index (χ4v) is 2.31. The van der Waals surface area contributed by atoms with E-state index in [2.05, 4.69) is 5.10 Å². The topological polar surface area (TPSA) is 72.2 Å². The number of carbonyl (C=O) groups is 2. The number of aromatic carboxylic acids is 1. The summed E-state index contributed by atoms with van der Waals surface area (Å²) < 4.78 is 1.39. The van der Waals surface area contributed by atoms with Crippen LogP contribution in [0.3, 0.4) is 0 Å². The van der Waals surface area contributed by atoms with Gasteiger partial charge in [-0.2, -0.15) is 5.10 Å². The fourth-order valence-electron chi connectivity index (χ4n) is 2.31. The summed E-state index contributed by atoms with van der Waals surface area (Å²) >= 11 is 0. The number of carboxylic acid groups (broad SMARTS) is 1. The third-order valence-corrected chi connectivity index (χ3v) is 3.37. The van der Waals surface area contributed by atoms with Gasteiger partial charge in [-0.25, -0.2) is 4.79 Å². The zero-order valence-electron chi connectivity index (χ0n) is 9.52. The SMILES string of the molecule is CC1CC(=O)c2c(c(C(=O)O)nn2C)C1C. The third-order valence-electron chi connectivity index (χ3n) is 3.37. The van der Waals surface area contributed by atoms with Crippen molar-refractivity contribution in [3.8, 4) is 0 Å². The van der Waals surface area contributed by atoms with Crippen LogP contribution in [0, 0.1) is 5.92 Å². The van der Waals surface area contributed by atoms with Crippen molar-refractivity contribution in [2.24, 2.45) is 13.0 Å². The highest BCUT2D eigenvalue weighted by Crippen LogP contribution is 2.37. The summed E-state index contributed by atoms with van der Waals surface area (Å²) in [5.74, 6) is -0.844. The molecule has 0 radical (unpaired) electrons. The van der Waals surface area contributed by atoms with Crippen molar-refractivity contribution in [3.05, 3.63) is 17.0 Å². The van der Waals surface area contributed by atoms with Gasteiger partial charge in [-0.3, -0.25) is 9.48 Å². The Morgan fingerprint density at radius 3 is 2.69 bits per heavy atom. The van der Waals surface area contributed by atoms with E-state index in [0.717, 1.165) is 0 Å². The molecule has 2 atom stereocenters. The Morgan fingerprint density at radius 2 is 2.12 bits per heavy atom. The monoisotopic (exact) mass is 222 g/mol. The standard InChI is InChI=1S/C11H14N2O3/c1-5-4-7(14)10-8(6(5)2)9(11(15)16)12-13(10)3/h5-6H,4H2,1-3H3,(H,15,16). The second kappa shape index (κ2) is 3.43. The van der Waals surface area contributed by atoms with Crippen LogP contribution >= 0.6 is 0 Å². The summed E-state index contributed by atoms with van der Waals surface area (Å²) in [5, 5.41) is 13.0. The second-order valence-corrected chi connectivity index (χ2v) is 4.43. The van der Waals surface area contributed by atoms with E-state index in [-0.39, 0.29) is 23.3 Å². The maximum absolute atomic E-state index is 11.8. The van der Waals surface area contributed by atoms with Crippen LogP contribution in [0.25, 0.3) is 0 Å². The fraction of sp³-hybridized carbons (Fsp3) is 0.545. The number of aryl methyl sites for hydroxylation is 1. The van der Waals surface area contributed by atoms with E-state index in [0.29, 0.717) is 17.7 Å². The zero-order chi connectivity index (χ0) is 12.0. The molecule has 1 aromatic rings. The van der Waals surface area contributed by atoms with Crippen LogP contribution < -0.4 is 0 Å². The smallest absolute Gasteiger partial charge is 0.356 e. The van der Waals surface area contributed by atoms with Gasteiger partial charge in [0.2, 0.25) is 0 Å². The lowest BCUT2D eigenvalue weighted by atomic mass is 9.78. The number of fused-ring (bicyclic) bond motifs is 1. The van der Waals surface area contributed by atoms with Crippen molar-refractivity contribution >= 4 is 11.8 Å². The Kier molecular flexibility index (Phi) is 2.33. The van der Waals surface area contributed by atoms with E-state index in [9.17, 15) is 9.59 Å². The molecule has 0 saturated carbocycles. The van der Waals surface area contributed by atoms with Gasteiger partial charge in [0.25, 0.3) is 0 Å². The summed E-state index contributed by atoms with van der Waals surface area (Å²) in [5.41, 5.74) is 1.08. The average Bonchev–Trinajstić information content (AvgIpc) is 2.53. The quantitative estimate of drug-likeness (QED) is 0.780. The zero-order valence-corrected chi connectivity index (χ0v) is 9.52. The average molecular weight is 222 g/mol. The van der Waals surface area contributed by atoms with E-state index in [1.54, 1.807) is 7.05 Å². The molecule has 0 fully saturated rings. The molecular weight excluding hydrogens is 208 g/mol. The molecule has 16 heavy (non-hydrogen) atoms. The molecule has 5 nitrogen and oxygen atoms in total. The molecule has 5 heteroatoms. The minimum atomic E-state index is -1.06. The van der Waals surface area contributed by atoms with Gasteiger partial charge in [-0.1, -0.05) is 13.8 Å².